The number of anilines is 1. The van der Waals surface area contributed by atoms with E-state index in [4.69, 9.17) is 23.2 Å². The van der Waals surface area contributed by atoms with Crippen molar-refractivity contribution in [3.63, 3.8) is 0 Å². The number of hydrogen-bond acceptors (Lipinski definition) is 1. The molecule has 0 aromatic heterocycles. The molecule has 1 aromatic rings. The minimum atomic E-state index is 0.517. The van der Waals surface area contributed by atoms with Crippen molar-refractivity contribution in [2.75, 3.05) is 11.9 Å². The molecular formula is C9H8BrCl2N. The zero-order chi connectivity index (χ0) is 9.84. The van der Waals surface area contributed by atoms with Gasteiger partial charge >= 0.3 is 0 Å². The van der Waals surface area contributed by atoms with Gasteiger partial charge < -0.3 is 5.32 Å². The maximum absolute atomic E-state index is 5.95. The highest BCUT2D eigenvalue weighted by Crippen LogP contribution is 2.25. The molecule has 0 atom stereocenters. The maximum Gasteiger partial charge on any atom is 0.0648 e. The van der Waals surface area contributed by atoms with E-state index in [0.29, 0.717) is 16.6 Å². The zero-order valence-corrected chi connectivity index (χ0v) is 9.88. The van der Waals surface area contributed by atoms with Crippen molar-refractivity contribution < 1.29 is 0 Å². The first-order valence-electron chi connectivity index (χ1n) is 3.62. The lowest BCUT2D eigenvalue weighted by atomic mass is 10.3. The van der Waals surface area contributed by atoms with Gasteiger partial charge in [0, 0.05) is 9.51 Å². The monoisotopic (exact) mass is 279 g/mol. The van der Waals surface area contributed by atoms with Crippen LogP contribution in [-0.2, 0) is 0 Å². The molecule has 1 rings (SSSR count). The third-order valence-electron chi connectivity index (χ3n) is 1.40. The topological polar surface area (TPSA) is 12.0 Å². The largest absolute Gasteiger partial charge is 0.379 e. The molecule has 0 amide bonds. The van der Waals surface area contributed by atoms with E-state index in [1.165, 1.54) is 0 Å². The molecule has 70 valence electrons. The van der Waals surface area contributed by atoms with Crippen molar-refractivity contribution in [3.8, 4) is 0 Å². The highest BCUT2D eigenvalue weighted by molar-refractivity contribution is 9.10. The van der Waals surface area contributed by atoms with Gasteiger partial charge in [0.2, 0.25) is 0 Å². The molecule has 0 unspecified atom stereocenters. The van der Waals surface area contributed by atoms with Crippen LogP contribution in [0.15, 0.2) is 34.3 Å². The quantitative estimate of drug-likeness (QED) is 0.872. The second kappa shape index (κ2) is 4.89. The van der Waals surface area contributed by atoms with E-state index in [0.717, 1.165) is 10.2 Å². The summed E-state index contributed by atoms with van der Waals surface area (Å²) in [5.41, 5.74) is 0.853. The molecule has 4 heteroatoms. The molecule has 13 heavy (non-hydrogen) atoms. The molecule has 0 spiro atoms. The molecule has 0 saturated carbocycles. The van der Waals surface area contributed by atoms with Gasteiger partial charge in [-0.1, -0.05) is 45.7 Å². The average Bonchev–Trinajstić information content (AvgIpc) is 2.02. The Labute approximate surface area is 95.9 Å². The minimum Gasteiger partial charge on any atom is -0.379 e. The third-order valence-corrected chi connectivity index (χ3v) is 2.34. The van der Waals surface area contributed by atoms with Crippen molar-refractivity contribution >= 4 is 44.8 Å². The third kappa shape index (κ3) is 3.59. The predicted molar refractivity (Wildman–Crippen MR) is 62.6 cm³/mol. The van der Waals surface area contributed by atoms with Crippen LogP contribution >= 0.6 is 39.1 Å². The molecule has 1 aromatic carbocycles. The van der Waals surface area contributed by atoms with Crippen LogP contribution in [0.5, 0.6) is 0 Å². The van der Waals surface area contributed by atoms with Crippen LogP contribution in [0.1, 0.15) is 0 Å². The van der Waals surface area contributed by atoms with Gasteiger partial charge in [-0.25, -0.2) is 0 Å². The van der Waals surface area contributed by atoms with E-state index in [1.807, 2.05) is 18.2 Å². The Morgan fingerprint density at radius 2 is 2.23 bits per heavy atom. The number of hydrogen-bond donors (Lipinski definition) is 1. The molecule has 0 fully saturated rings. The second-order valence-electron chi connectivity index (χ2n) is 2.49. The molecule has 0 aliphatic heterocycles. The Morgan fingerprint density at radius 1 is 1.54 bits per heavy atom. The van der Waals surface area contributed by atoms with E-state index in [9.17, 15) is 0 Å². The van der Waals surface area contributed by atoms with E-state index in [2.05, 4.69) is 27.8 Å². The van der Waals surface area contributed by atoms with Gasteiger partial charge in [-0.15, -0.1) is 0 Å². The smallest absolute Gasteiger partial charge is 0.0648 e. The highest BCUT2D eigenvalue weighted by atomic mass is 79.9. The SMILES string of the molecule is C=C(Cl)CNc1ccc(Br)cc1Cl. The van der Waals surface area contributed by atoms with Crippen LogP contribution in [0.4, 0.5) is 5.69 Å². The lowest BCUT2D eigenvalue weighted by Crippen LogP contribution is -2.00. The summed E-state index contributed by atoms with van der Waals surface area (Å²) in [7, 11) is 0. The van der Waals surface area contributed by atoms with Gasteiger partial charge in [-0.05, 0) is 18.2 Å². The van der Waals surface area contributed by atoms with Gasteiger partial charge in [-0.2, -0.15) is 0 Å². The van der Waals surface area contributed by atoms with Gasteiger partial charge in [0.1, 0.15) is 0 Å². The number of halogens is 3. The summed E-state index contributed by atoms with van der Waals surface area (Å²) in [5, 5.41) is 4.27. The first-order valence-corrected chi connectivity index (χ1v) is 5.16. The lowest BCUT2D eigenvalue weighted by Gasteiger charge is -2.06. The van der Waals surface area contributed by atoms with E-state index in [1.54, 1.807) is 0 Å². The molecule has 0 heterocycles. The average molecular weight is 281 g/mol. The fraction of sp³-hybridized carbons (Fsp3) is 0.111. The summed E-state index contributed by atoms with van der Waals surface area (Å²) in [6.45, 7) is 4.08. The fourth-order valence-corrected chi connectivity index (χ4v) is 1.63. The molecule has 0 aliphatic rings. The van der Waals surface area contributed by atoms with E-state index < -0.39 is 0 Å². The number of rotatable bonds is 3. The Hall–Kier alpha value is -0.180. The summed E-state index contributed by atoms with van der Waals surface area (Å²) in [5.74, 6) is 0. The van der Waals surface area contributed by atoms with Gasteiger partial charge in [0.15, 0.2) is 0 Å². The van der Waals surface area contributed by atoms with E-state index in [-0.39, 0.29) is 0 Å². The maximum atomic E-state index is 5.95. The van der Waals surface area contributed by atoms with Crippen molar-refractivity contribution in [1.29, 1.82) is 0 Å². The molecule has 0 saturated heterocycles. The van der Waals surface area contributed by atoms with Crippen LogP contribution in [0.25, 0.3) is 0 Å². The summed E-state index contributed by atoms with van der Waals surface area (Å²) in [6.07, 6.45) is 0. The van der Waals surface area contributed by atoms with Crippen molar-refractivity contribution in [3.05, 3.63) is 39.3 Å². The van der Waals surface area contributed by atoms with Crippen LogP contribution in [0.3, 0.4) is 0 Å². The summed E-state index contributed by atoms with van der Waals surface area (Å²) in [6, 6.07) is 5.61. The first kappa shape index (κ1) is 10.9. The summed E-state index contributed by atoms with van der Waals surface area (Å²) >= 11 is 14.9. The molecule has 0 bridgehead atoms. The van der Waals surface area contributed by atoms with Gasteiger partial charge in [0.25, 0.3) is 0 Å². The standard InChI is InChI=1S/C9H8BrCl2N/c1-6(11)5-13-9-3-2-7(10)4-8(9)12/h2-4,13H,1,5H2. The molecular weight excluding hydrogens is 273 g/mol. The molecule has 1 N–H and O–H groups in total. The Bertz CT molecular complexity index is 325. The highest BCUT2D eigenvalue weighted by Gasteiger charge is 1.99. The van der Waals surface area contributed by atoms with Crippen molar-refractivity contribution in [1.82, 2.24) is 0 Å². The van der Waals surface area contributed by atoms with E-state index >= 15 is 0 Å². The van der Waals surface area contributed by atoms with Gasteiger partial charge in [0.05, 0.1) is 17.3 Å². The fourth-order valence-electron chi connectivity index (χ4n) is 0.824. The van der Waals surface area contributed by atoms with Crippen LogP contribution in [0, 0.1) is 0 Å². The molecule has 1 nitrogen and oxygen atoms in total. The number of benzene rings is 1. The second-order valence-corrected chi connectivity index (χ2v) is 4.35. The van der Waals surface area contributed by atoms with Crippen molar-refractivity contribution in [2.24, 2.45) is 0 Å². The summed E-state index contributed by atoms with van der Waals surface area (Å²) in [4.78, 5) is 0. The van der Waals surface area contributed by atoms with Crippen molar-refractivity contribution in [2.45, 2.75) is 0 Å². The van der Waals surface area contributed by atoms with Crippen LogP contribution in [0.2, 0.25) is 5.02 Å². The first-order chi connectivity index (χ1) is 6.09. The van der Waals surface area contributed by atoms with Gasteiger partial charge in [-0.3, -0.25) is 0 Å². The Morgan fingerprint density at radius 3 is 2.77 bits per heavy atom. The lowest BCUT2D eigenvalue weighted by molar-refractivity contribution is 1.31. The van der Waals surface area contributed by atoms with Crippen LogP contribution in [-0.4, -0.2) is 6.54 Å². The molecule has 0 aliphatic carbocycles. The molecule has 0 radical (unpaired) electrons. The normalized spacial score (nSPS) is 9.77. The Kier molecular flexibility index (Phi) is 4.10. The zero-order valence-electron chi connectivity index (χ0n) is 6.78. The van der Waals surface area contributed by atoms with Crippen LogP contribution < -0.4 is 5.32 Å². The summed E-state index contributed by atoms with van der Waals surface area (Å²) < 4.78 is 0.952. The minimum absolute atomic E-state index is 0.517. The number of nitrogens with one attached hydrogen (secondary N) is 1. The Balaban J connectivity index is 2.72. The predicted octanol–water partition coefficient (Wildman–Crippen LogP) is 4.27.